The summed E-state index contributed by atoms with van der Waals surface area (Å²) < 4.78 is 5.46. The molecule has 0 amide bonds. The average Bonchev–Trinajstić information content (AvgIpc) is 2.35. The lowest BCUT2D eigenvalue weighted by Crippen LogP contribution is -2.26. The van der Waals surface area contributed by atoms with Gasteiger partial charge in [-0.25, -0.2) is 0 Å². The summed E-state index contributed by atoms with van der Waals surface area (Å²) in [4.78, 5) is 0. The average molecular weight is 223 g/mol. The Kier molecular flexibility index (Phi) is 6.08. The van der Waals surface area contributed by atoms with Gasteiger partial charge in [0.25, 0.3) is 0 Å². The van der Waals surface area contributed by atoms with Crippen LogP contribution in [-0.2, 0) is 4.74 Å². The number of hydrogen-bond donors (Lipinski definition) is 2. The Morgan fingerprint density at radius 2 is 2.00 bits per heavy atom. The van der Waals surface area contributed by atoms with Crippen LogP contribution >= 0.6 is 0 Å². The molecule has 3 heteroatoms. The molecule has 0 aliphatic rings. The number of nitrogens with two attached hydrogens (primary N) is 1. The Labute approximate surface area is 97.2 Å². The van der Waals surface area contributed by atoms with E-state index in [1.54, 1.807) is 0 Å². The highest BCUT2D eigenvalue weighted by Gasteiger charge is 2.13. The van der Waals surface area contributed by atoms with E-state index in [0.29, 0.717) is 19.1 Å². The van der Waals surface area contributed by atoms with Crippen LogP contribution in [0.15, 0.2) is 30.3 Å². The minimum absolute atomic E-state index is 0.0300. The highest BCUT2D eigenvalue weighted by Crippen LogP contribution is 2.21. The van der Waals surface area contributed by atoms with Gasteiger partial charge in [-0.15, -0.1) is 0 Å². The van der Waals surface area contributed by atoms with Crippen LogP contribution in [0, 0.1) is 0 Å². The van der Waals surface area contributed by atoms with E-state index in [0.717, 1.165) is 6.42 Å². The van der Waals surface area contributed by atoms with Gasteiger partial charge in [-0.2, -0.15) is 0 Å². The standard InChI is InChI=1S/C13H21NO2/c1-11(12-5-3-2-4-6-12)9-13(10-14)16-8-7-15/h2-6,11,13,15H,7-10,14H2,1H3. The van der Waals surface area contributed by atoms with Crippen LogP contribution in [0.5, 0.6) is 0 Å². The molecule has 1 aromatic rings. The molecular weight excluding hydrogens is 202 g/mol. The van der Waals surface area contributed by atoms with Crippen LogP contribution < -0.4 is 5.73 Å². The van der Waals surface area contributed by atoms with Gasteiger partial charge in [0, 0.05) is 6.54 Å². The molecule has 2 atom stereocenters. The van der Waals surface area contributed by atoms with Gasteiger partial charge in [-0.1, -0.05) is 37.3 Å². The predicted molar refractivity (Wildman–Crippen MR) is 65.4 cm³/mol. The molecule has 1 aromatic carbocycles. The topological polar surface area (TPSA) is 55.5 Å². The SMILES string of the molecule is CC(CC(CN)OCCO)c1ccccc1. The normalized spacial score (nSPS) is 14.7. The zero-order chi connectivity index (χ0) is 11.8. The van der Waals surface area contributed by atoms with Gasteiger partial charge in [-0.3, -0.25) is 0 Å². The summed E-state index contributed by atoms with van der Waals surface area (Å²) in [7, 11) is 0. The van der Waals surface area contributed by atoms with E-state index in [1.165, 1.54) is 5.56 Å². The first-order valence-corrected chi connectivity index (χ1v) is 5.75. The van der Waals surface area contributed by atoms with Crippen molar-refractivity contribution < 1.29 is 9.84 Å². The third-order valence-corrected chi connectivity index (χ3v) is 2.69. The molecule has 1 rings (SSSR count). The van der Waals surface area contributed by atoms with Crippen molar-refractivity contribution in [2.24, 2.45) is 5.73 Å². The lowest BCUT2D eigenvalue weighted by Gasteiger charge is -2.20. The minimum Gasteiger partial charge on any atom is -0.394 e. The second-order valence-electron chi connectivity index (χ2n) is 4.00. The maximum atomic E-state index is 8.70. The van der Waals surface area contributed by atoms with E-state index in [-0.39, 0.29) is 12.7 Å². The molecule has 0 saturated heterocycles. The molecule has 0 aromatic heterocycles. The molecule has 3 nitrogen and oxygen atoms in total. The lowest BCUT2D eigenvalue weighted by molar-refractivity contribution is 0.0261. The summed E-state index contributed by atoms with van der Waals surface area (Å²) in [6.45, 7) is 3.08. The summed E-state index contributed by atoms with van der Waals surface area (Å²) in [5.41, 5.74) is 6.93. The third kappa shape index (κ3) is 4.31. The Morgan fingerprint density at radius 1 is 1.31 bits per heavy atom. The summed E-state index contributed by atoms with van der Waals surface area (Å²) in [5.74, 6) is 0.424. The highest BCUT2D eigenvalue weighted by atomic mass is 16.5. The molecule has 3 N–H and O–H groups in total. The Hall–Kier alpha value is -0.900. The number of benzene rings is 1. The summed E-state index contributed by atoms with van der Waals surface area (Å²) in [5, 5.41) is 8.70. The second kappa shape index (κ2) is 7.39. The molecular formula is C13H21NO2. The number of aliphatic hydroxyl groups excluding tert-OH is 1. The Morgan fingerprint density at radius 3 is 2.56 bits per heavy atom. The lowest BCUT2D eigenvalue weighted by atomic mass is 9.95. The summed E-state index contributed by atoms with van der Waals surface area (Å²) >= 11 is 0. The predicted octanol–water partition coefficient (Wildman–Crippen LogP) is 1.52. The number of hydrogen-bond acceptors (Lipinski definition) is 3. The monoisotopic (exact) mass is 223 g/mol. The Balaban J connectivity index is 2.45. The smallest absolute Gasteiger partial charge is 0.0704 e. The molecule has 16 heavy (non-hydrogen) atoms. The molecule has 0 saturated carbocycles. The molecule has 90 valence electrons. The first kappa shape index (κ1) is 13.2. The number of aliphatic hydroxyl groups is 1. The second-order valence-corrected chi connectivity index (χ2v) is 4.00. The van der Waals surface area contributed by atoms with Crippen LogP contribution in [0.1, 0.15) is 24.8 Å². The highest BCUT2D eigenvalue weighted by molar-refractivity contribution is 5.18. The maximum Gasteiger partial charge on any atom is 0.0704 e. The third-order valence-electron chi connectivity index (χ3n) is 2.69. The molecule has 0 spiro atoms. The number of rotatable bonds is 7. The van der Waals surface area contributed by atoms with Crippen LogP contribution in [0.25, 0.3) is 0 Å². The van der Waals surface area contributed by atoms with Crippen molar-refractivity contribution in [2.45, 2.75) is 25.4 Å². The van der Waals surface area contributed by atoms with Gasteiger partial charge in [-0.05, 0) is 17.9 Å². The first-order chi connectivity index (χ1) is 7.77. The van der Waals surface area contributed by atoms with Crippen LogP contribution in [0.4, 0.5) is 0 Å². The van der Waals surface area contributed by atoms with Crippen molar-refractivity contribution in [3.63, 3.8) is 0 Å². The Bertz CT molecular complexity index is 277. The fraction of sp³-hybridized carbons (Fsp3) is 0.538. The molecule has 0 fully saturated rings. The van der Waals surface area contributed by atoms with Crippen molar-refractivity contribution in [3.8, 4) is 0 Å². The fourth-order valence-electron chi connectivity index (χ4n) is 1.76. The molecule has 2 unspecified atom stereocenters. The molecule has 0 heterocycles. The van der Waals surface area contributed by atoms with E-state index >= 15 is 0 Å². The van der Waals surface area contributed by atoms with Crippen molar-refractivity contribution >= 4 is 0 Å². The van der Waals surface area contributed by atoms with Crippen molar-refractivity contribution in [3.05, 3.63) is 35.9 Å². The van der Waals surface area contributed by atoms with Crippen molar-refractivity contribution in [1.82, 2.24) is 0 Å². The van der Waals surface area contributed by atoms with Gasteiger partial charge >= 0.3 is 0 Å². The molecule has 0 aliphatic carbocycles. The number of ether oxygens (including phenoxy) is 1. The van der Waals surface area contributed by atoms with Crippen LogP contribution in [0.2, 0.25) is 0 Å². The fourth-order valence-corrected chi connectivity index (χ4v) is 1.76. The van der Waals surface area contributed by atoms with E-state index < -0.39 is 0 Å². The van der Waals surface area contributed by atoms with E-state index in [2.05, 4.69) is 19.1 Å². The molecule has 0 aliphatic heterocycles. The van der Waals surface area contributed by atoms with Gasteiger partial charge in [0.15, 0.2) is 0 Å². The van der Waals surface area contributed by atoms with Gasteiger partial charge in [0.2, 0.25) is 0 Å². The van der Waals surface area contributed by atoms with E-state index in [9.17, 15) is 0 Å². The van der Waals surface area contributed by atoms with Crippen LogP contribution in [-0.4, -0.2) is 31.0 Å². The molecule has 0 bridgehead atoms. The van der Waals surface area contributed by atoms with Crippen LogP contribution in [0.3, 0.4) is 0 Å². The van der Waals surface area contributed by atoms with Gasteiger partial charge < -0.3 is 15.6 Å². The van der Waals surface area contributed by atoms with E-state index in [1.807, 2.05) is 18.2 Å². The van der Waals surface area contributed by atoms with Crippen molar-refractivity contribution in [1.29, 1.82) is 0 Å². The van der Waals surface area contributed by atoms with Crippen molar-refractivity contribution in [2.75, 3.05) is 19.8 Å². The first-order valence-electron chi connectivity index (χ1n) is 5.75. The summed E-state index contributed by atoms with van der Waals surface area (Å²) in [6, 6.07) is 10.3. The van der Waals surface area contributed by atoms with Gasteiger partial charge in [0.05, 0.1) is 19.3 Å². The zero-order valence-corrected chi connectivity index (χ0v) is 9.80. The largest absolute Gasteiger partial charge is 0.394 e. The quantitative estimate of drug-likeness (QED) is 0.737. The zero-order valence-electron chi connectivity index (χ0n) is 9.80. The summed E-state index contributed by atoms with van der Waals surface area (Å²) in [6.07, 6.45) is 0.919. The molecule has 0 radical (unpaired) electrons. The van der Waals surface area contributed by atoms with Gasteiger partial charge in [0.1, 0.15) is 0 Å². The minimum atomic E-state index is 0.0300. The maximum absolute atomic E-state index is 8.70. The van der Waals surface area contributed by atoms with E-state index in [4.69, 9.17) is 15.6 Å².